The van der Waals surface area contributed by atoms with E-state index in [-0.39, 0.29) is 24.8 Å². The Morgan fingerprint density at radius 1 is 1.07 bits per heavy atom. The number of allylic oxidation sites excluding steroid dienone is 1. The van der Waals surface area contributed by atoms with Crippen molar-refractivity contribution in [2.75, 3.05) is 6.54 Å². The van der Waals surface area contributed by atoms with Gasteiger partial charge in [0.25, 0.3) is 5.91 Å². The number of carboxylic acid groups (broad SMARTS) is 1. The van der Waals surface area contributed by atoms with Crippen LogP contribution in [0, 0.1) is 0 Å². The second-order valence-corrected chi connectivity index (χ2v) is 7.54. The van der Waals surface area contributed by atoms with E-state index >= 15 is 0 Å². The lowest BCUT2D eigenvalue weighted by Gasteiger charge is -2.27. The van der Waals surface area contributed by atoms with Gasteiger partial charge in [-0.2, -0.15) is 0 Å². The van der Waals surface area contributed by atoms with Gasteiger partial charge in [0, 0.05) is 17.1 Å². The molecular formula is C24H28ClNO3. The molecule has 0 spiro atoms. The van der Waals surface area contributed by atoms with Crippen molar-refractivity contribution >= 4 is 23.5 Å². The molecule has 2 aromatic rings. The normalized spacial score (nSPS) is 12.8. The topological polar surface area (TPSA) is 66.4 Å². The molecule has 29 heavy (non-hydrogen) atoms. The quantitative estimate of drug-likeness (QED) is 0.458. The Bertz CT molecular complexity index is 815. The number of rotatable bonds is 11. The molecule has 2 N–H and O–H groups in total. The molecule has 2 aromatic carbocycles. The molecule has 2 unspecified atom stereocenters. The van der Waals surface area contributed by atoms with Gasteiger partial charge in [-0.3, -0.25) is 9.59 Å². The highest BCUT2D eigenvalue weighted by molar-refractivity contribution is 6.30. The zero-order valence-electron chi connectivity index (χ0n) is 16.7. The van der Waals surface area contributed by atoms with Crippen LogP contribution in [0.15, 0.2) is 61.2 Å². The van der Waals surface area contributed by atoms with Crippen LogP contribution in [0.2, 0.25) is 5.02 Å². The Morgan fingerprint density at radius 3 is 2.21 bits per heavy atom. The van der Waals surface area contributed by atoms with Gasteiger partial charge in [-0.05, 0) is 60.1 Å². The standard InChI is InChI=1S/C24H28ClNO3/c1-3-5-21(22(6-4-2)18-11-13-20(25)14-12-18)17-7-9-19(10-8-17)24(29)26-16-15-23(27)28/h4,7-14,21-22H,2-3,5-6,15-16H2,1H3,(H,26,29)(H,27,28). The third-order valence-electron chi connectivity index (χ3n) is 5.03. The van der Waals surface area contributed by atoms with Gasteiger partial charge in [0.2, 0.25) is 0 Å². The van der Waals surface area contributed by atoms with E-state index in [1.165, 1.54) is 11.1 Å². The summed E-state index contributed by atoms with van der Waals surface area (Å²) < 4.78 is 0. The largest absolute Gasteiger partial charge is 0.481 e. The fourth-order valence-corrected chi connectivity index (χ4v) is 3.73. The Morgan fingerprint density at radius 2 is 1.66 bits per heavy atom. The van der Waals surface area contributed by atoms with E-state index in [4.69, 9.17) is 16.7 Å². The Kier molecular flexibility index (Phi) is 8.94. The van der Waals surface area contributed by atoms with Crippen molar-refractivity contribution in [1.29, 1.82) is 0 Å². The van der Waals surface area contributed by atoms with Crippen molar-refractivity contribution in [3.8, 4) is 0 Å². The second kappa shape index (κ2) is 11.4. The third kappa shape index (κ3) is 6.75. The van der Waals surface area contributed by atoms with Gasteiger partial charge >= 0.3 is 5.97 Å². The van der Waals surface area contributed by atoms with Crippen molar-refractivity contribution in [2.24, 2.45) is 0 Å². The molecule has 0 saturated heterocycles. The van der Waals surface area contributed by atoms with Gasteiger partial charge in [-0.15, -0.1) is 6.58 Å². The number of halogens is 1. The number of amides is 1. The number of carbonyl (C=O) groups is 2. The summed E-state index contributed by atoms with van der Waals surface area (Å²) in [6, 6.07) is 15.6. The molecule has 0 heterocycles. The lowest BCUT2D eigenvalue weighted by Crippen LogP contribution is -2.26. The van der Waals surface area contributed by atoms with Crippen LogP contribution in [-0.4, -0.2) is 23.5 Å². The van der Waals surface area contributed by atoms with Crippen LogP contribution >= 0.6 is 11.6 Å². The highest BCUT2D eigenvalue weighted by atomic mass is 35.5. The molecule has 0 radical (unpaired) electrons. The molecule has 0 saturated carbocycles. The van der Waals surface area contributed by atoms with E-state index in [2.05, 4.69) is 31.0 Å². The van der Waals surface area contributed by atoms with Crippen LogP contribution in [0.5, 0.6) is 0 Å². The molecule has 2 atom stereocenters. The molecule has 0 aliphatic rings. The SMILES string of the molecule is C=CCC(c1ccc(Cl)cc1)C(CCC)c1ccc(C(=O)NCCC(=O)O)cc1. The van der Waals surface area contributed by atoms with E-state index in [1.54, 1.807) is 12.1 Å². The maximum absolute atomic E-state index is 12.2. The van der Waals surface area contributed by atoms with Crippen LogP contribution in [0.3, 0.4) is 0 Å². The average Bonchev–Trinajstić information content (AvgIpc) is 2.71. The summed E-state index contributed by atoms with van der Waals surface area (Å²) in [6.07, 6.45) is 4.78. The summed E-state index contributed by atoms with van der Waals surface area (Å²) in [6.45, 7) is 6.23. The molecule has 0 bridgehead atoms. The first-order chi connectivity index (χ1) is 14.0. The Hall–Kier alpha value is -2.59. The summed E-state index contributed by atoms with van der Waals surface area (Å²) in [4.78, 5) is 22.8. The van der Waals surface area contributed by atoms with Crippen LogP contribution in [0.25, 0.3) is 0 Å². The Labute approximate surface area is 177 Å². The van der Waals surface area contributed by atoms with Crippen LogP contribution in [0.4, 0.5) is 0 Å². The minimum atomic E-state index is -0.932. The third-order valence-corrected chi connectivity index (χ3v) is 5.28. The number of carboxylic acids is 1. The summed E-state index contributed by atoms with van der Waals surface area (Å²) in [5.41, 5.74) is 2.93. The highest BCUT2D eigenvalue weighted by Gasteiger charge is 2.23. The summed E-state index contributed by atoms with van der Waals surface area (Å²) in [5, 5.41) is 12.0. The first kappa shape index (κ1) is 22.7. The van der Waals surface area contributed by atoms with E-state index in [0.717, 1.165) is 24.3 Å². The van der Waals surface area contributed by atoms with Crippen molar-refractivity contribution in [2.45, 2.75) is 44.4 Å². The van der Waals surface area contributed by atoms with Crippen LogP contribution in [0.1, 0.15) is 65.9 Å². The summed E-state index contributed by atoms with van der Waals surface area (Å²) in [5.74, 6) is -0.619. The van der Waals surface area contributed by atoms with Crippen molar-refractivity contribution in [3.63, 3.8) is 0 Å². The van der Waals surface area contributed by atoms with Crippen molar-refractivity contribution < 1.29 is 14.7 Å². The first-order valence-electron chi connectivity index (χ1n) is 9.92. The van der Waals surface area contributed by atoms with Crippen LogP contribution < -0.4 is 5.32 Å². The van der Waals surface area contributed by atoms with E-state index < -0.39 is 5.97 Å². The molecule has 154 valence electrons. The van der Waals surface area contributed by atoms with Crippen molar-refractivity contribution in [3.05, 3.63) is 82.9 Å². The molecule has 0 fully saturated rings. The predicted octanol–water partition coefficient (Wildman–Crippen LogP) is 5.79. The number of hydrogen-bond donors (Lipinski definition) is 2. The molecule has 2 rings (SSSR count). The zero-order chi connectivity index (χ0) is 21.2. The average molecular weight is 414 g/mol. The minimum Gasteiger partial charge on any atom is -0.481 e. The van der Waals surface area contributed by atoms with Gasteiger partial charge in [0.15, 0.2) is 0 Å². The van der Waals surface area contributed by atoms with E-state index in [9.17, 15) is 9.59 Å². The van der Waals surface area contributed by atoms with Gasteiger partial charge in [-0.1, -0.05) is 55.3 Å². The Balaban J connectivity index is 2.21. The van der Waals surface area contributed by atoms with Crippen LogP contribution in [-0.2, 0) is 4.79 Å². The maximum atomic E-state index is 12.2. The molecule has 0 aliphatic heterocycles. The highest BCUT2D eigenvalue weighted by Crippen LogP contribution is 2.39. The minimum absolute atomic E-state index is 0.0906. The fourth-order valence-electron chi connectivity index (χ4n) is 3.60. The number of aliphatic carboxylic acids is 1. The van der Waals surface area contributed by atoms with Gasteiger partial charge in [0.1, 0.15) is 0 Å². The smallest absolute Gasteiger partial charge is 0.305 e. The maximum Gasteiger partial charge on any atom is 0.305 e. The second-order valence-electron chi connectivity index (χ2n) is 7.10. The number of hydrogen-bond acceptors (Lipinski definition) is 2. The lowest BCUT2D eigenvalue weighted by molar-refractivity contribution is -0.136. The fraction of sp³-hybridized carbons (Fsp3) is 0.333. The molecule has 1 amide bonds. The molecule has 4 nitrogen and oxygen atoms in total. The first-order valence-corrected chi connectivity index (χ1v) is 10.3. The number of carbonyl (C=O) groups excluding carboxylic acids is 1. The lowest BCUT2D eigenvalue weighted by atomic mass is 9.77. The molecule has 5 heteroatoms. The number of nitrogens with one attached hydrogen (secondary N) is 1. The number of benzene rings is 2. The molecular weight excluding hydrogens is 386 g/mol. The van der Waals surface area contributed by atoms with Gasteiger partial charge in [-0.25, -0.2) is 0 Å². The van der Waals surface area contributed by atoms with Gasteiger partial charge in [0.05, 0.1) is 6.42 Å². The molecule has 0 aliphatic carbocycles. The summed E-state index contributed by atoms with van der Waals surface area (Å²) >= 11 is 6.06. The van der Waals surface area contributed by atoms with E-state index in [0.29, 0.717) is 11.5 Å². The zero-order valence-corrected chi connectivity index (χ0v) is 17.5. The predicted molar refractivity (Wildman–Crippen MR) is 118 cm³/mol. The monoisotopic (exact) mass is 413 g/mol. The van der Waals surface area contributed by atoms with Crippen molar-refractivity contribution in [1.82, 2.24) is 5.32 Å². The summed E-state index contributed by atoms with van der Waals surface area (Å²) in [7, 11) is 0. The van der Waals surface area contributed by atoms with E-state index in [1.807, 2.05) is 30.3 Å². The molecule has 0 aromatic heterocycles. The van der Waals surface area contributed by atoms with Gasteiger partial charge < -0.3 is 10.4 Å².